The van der Waals surface area contributed by atoms with E-state index in [0.29, 0.717) is 6.07 Å². The summed E-state index contributed by atoms with van der Waals surface area (Å²) in [5, 5.41) is 7.00. The van der Waals surface area contributed by atoms with Crippen LogP contribution in [0.1, 0.15) is 30.2 Å². The second kappa shape index (κ2) is 8.79. The molecule has 0 bridgehead atoms. The quantitative estimate of drug-likeness (QED) is 0.298. The fourth-order valence-corrected chi connectivity index (χ4v) is 4.69. The van der Waals surface area contributed by atoms with Crippen molar-refractivity contribution in [3.8, 4) is 5.95 Å². The second-order valence-electron chi connectivity index (χ2n) is 9.09. The lowest BCUT2D eigenvalue weighted by Gasteiger charge is -2.23. The summed E-state index contributed by atoms with van der Waals surface area (Å²) in [6, 6.07) is 6.79. The average Bonchev–Trinajstić information content (AvgIpc) is 3.31. The van der Waals surface area contributed by atoms with Gasteiger partial charge in [-0.1, -0.05) is 11.6 Å². The highest BCUT2D eigenvalue weighted by atomic mass is 35.5. The molecule has 0 aliphatic carbocycles. The molecule has 1 amide bonds. The number of anilines is 2. The minimum Gasteiger partial charge on any atom is -0.383 e. The number of fused-ring (bicyclic) bond motifs is 2. The molecule has 1 aliphatic heterocycles. The van der Waals surface area contributed by atoms with E-state index in [-0.39, 0.29) is 50.3 Å². The lowest BCUT2D eigenvalue weighted by Crippen LogP contribution is -2.36. The average molecular weight is 573 g/mol. The van der Waals surface area contributed by atoms with E-state index < -0.39 is 47.9 Å². The molecule has 0 radical (unpaired) electrons. The third-order valence-corrected chi connectivity index (χ3v) is 6.78. The number of aryl methyl sites for hydroxylation is 1. The molecule has 7 nitrogen and oxygen atoms in total. The molecule has 0 saturated heterocycles. The maximum Gasteiger partial charge on any atom is 0.453 e. The first-order valence-electron chi connectivity index (χ1n) is 11.2. The molecule has 2 aromatic carbocycles. The number of aromatic nitrogens is 4. The molecule has 3 N–H and O–H groups in total. The second-order valence-corrected chi connectivity index (χ2v) is 9.53. The van der Waals surface area contributed by atoms with Gasteiger partial charge in [-0.2, -0.15) is 41.7 Å². The third-order valence-electron chi connectivity index (χ3n) is 6.55. The smallest absolute Gasteiger partial charge is 0.383 e. The monoisotopic (exact) mass is 572 g/mol. The zero-order valence-corrected chi connectivity index (χ0v) is 20.4. The lowest BCUT2D eigenvalue weighted by atomic mass is 9.77. The number of hydrogen-bond acceptors (Lipinski definition) is 5. The topological polar surface area (TPSA) is 98.7 Å². The van der Waals surface area contributed by atoms with Crippen LogP contribution in [0.15, 0.2) is 36.4 Å². The number of nitrogens with one attached hydrogen (secondary N) is 1. The minimum absolute atomic E-state index is 0.0331. The van der Waals surface area contributed by atoms with Crippen LogP contribution in [0.3, 0.4) is 0 Å². The first-order chi connectivity index (χ1) is 18.1. The van der Waals surface area contributed by atoms with Gasteiger partial charge in [0.2, 0.25) is 5.91 Å². The Bertz CT molecular complexity index is 1630. The van der Waals surface area contributed by atoms with Crippen LogP contribution in [-0.4, -0.2) is 37.8 Å². The van der Waals surface area contributed by atoms with E-state index >= 15 is 0 Å². The van der Waals surface area contributed by atoms with Crippen molar-refractivity contribution in [1.29, 1.82) is 0 Å². The number of carbonyl (C=O) groups is 1. The molecular weight excluding hydrogens is 557 g/mol. The molecule has 0 fully saturated rings. The Morgan fingerprint density at radius 3 is 2.36 bits per heavy atom. The lowest BCUT2D eigenvalue weighted by molar-refractivity contribution is -0.284. The maximum atomic E-state index is 14.0. The predicted octanol–water partition coefficient (Wildman–Crippen LogP) is 5.72. The van der Waals surface area contributed by atoms with Gasteiger partial charge in [-0.05, 0) is 49.2 Å². The number of hydrogen-bond donors (Lipinski definition) is 2. The fraction of sp³-hybridized carbons (Fsp3) is 0.250. The van der Waals surface area contributed by atoms with Crippen LogP contribution < -0.4 is 11.1 Å². The van der Waals surface area contributed by atoms with E-state index in [9.17, 15) is 35.5 Å². The van der Waals surface area contributed by atoms with Gasteiger partial charge in [0.05, 0.1) is 16.8 Å². The summed E-state index contributed by atoms with van der Waals surface area (Å²) < 4.78 is 94.3. The van der Waals surface area contributed by atoms with Crippen LogP contribution in [0.2, 0.25) is 5.02 Å². The minimum atomic E-state index is -5.74. The number of nitrogens with zero attached hydrogens (tertiary/aromatic N) is 4. The van der Waals surface area contributed by atoms with Crippen LogP contribution in [0.5, 0.6) is 0 Å². The number of carbonyl (C=O) groups excluding carboxylic acids is 1. The number of nitrogens with two attached hydrogens (primary N) is 1. The van der Waals surface area contributed by atoms with Gasteiger partial charge in [0.1, 0.15) is 28.7 Å². The normalized spacial score (nSPS) is 17.5. The summed E-state index contributed by atoms with van der Waals surface area (Å²) in [6.45, 7) is 1.38. The molecular formula is C24H16ClF7N6O. The number of halogens is 8. The molecule has 2 aromatic heterocycles. The number of amides is 1. The van der Waals surface area contributed by atoms with Crippen LogP contribution >= 0.6 is 11.6 Å². The highest BCUT2D eigenvalue weighted by Crippen LogP contribution is 2.45. The van der Waals surface area contributed by atoms with Crippen LogP contribution in [-0.2, 0) is 16.6 Å². The highest BCUT2D eigenvalue weighted by Gasteiger charge is 2.56. The molecule has 204 valence electrons. The third kappa shape index (κ3) is 4.32. The largest absolute Gasteiger partial charge is 0.453 e. The van der Waals surface area contributed by atoms with E-state index in [2.05, 4.69) is 20.4 Å². The Balaban J connectivity index is 1.61. The van der Waals surface area contributed by atoms with E-state index in [1.54, 1.807) is 0 Å². The molecule has 5 rings (SSSR count). The van der Waals surface area contributed by atoms with Gasteiger partial charge >= 0.3 is 12.1 Å². The molecule has 0 spiro atoms. The van der Waals surface area contributed by atoms with E-state index in [0.717, 1.165) is 16.8 Å². The molecule has 1 atom stereocenters. The van der Waals surface area contributed by atoms with Crippen molar-refractivity contribution in [2.24, 2.45) is 0 Å². The number of benzene rings is 2. The Morgan fingerprint density at radius 2 is 1.72 bits per heavy atom. The van der Waals surface area contributed by atoms with E-state index in [1.807, 2.05) is 0 Å². The fourth-order valence-electron chi connectivity index (χ4n) is 4.51. The summed E-state index contributed by atoms with van der Waals surface area (Å²) in [6.07, 6.45) is -8.08. The Morgan fingerprint density at radius 1 is 1.05 bits per heavy atom. The van der Waals surface area contributed by atoms with Gasteiger partial charge in [-0.15, -0.1) is 0 Å². The van der Waals surface area contributed by atoms with E-state index in [4.69, 9.17) is 17.3 Å². The SMILES string of the molecule is CC1(c2cc(F)cc(F)c2)C(=O)Nc2nc(-n3nc(CCC(F)(F)C(F)(F)F)c4cc(Cl)ccc43)nc(N)c21. The van der Waals surface area contributed by atoms with Crippen LogP contribution in [0, 0.1) is 11.6 Å². The Hall–Kier alpha value is -3.94. The van der Waals surface area contributed by atoms with Crippen LogP contribution in [0.25, 0.3) is 16.9 Å². The first-order valence-corrected chi connectivity index (χ1v) is 11.6. The molecule has 1 unspecified atom stereocenters. The Labute approximate surface area is 219 Å². The first kappa shape index (κ1) is 26.7. The molecule has 15 heteroatoms. The van der Waals surface area contributed by atoms with Gasteiger partial charge in [0, 0.05) is 22.9 Å². The summed E-state index contributed by atoms with van der Waals surface area (Å²) in [7, 11) is 0. The zero-order chi connectivity index (χ0) is 28.5. The number of rotatable bonds is 5. The van der Waals surface area contributed by atoms with Gasteiger partial charge < -0.3 is 11.1 Å². The van der Waals surface area contributed by atoms with Crippen molar-refractivity contribution in [3.63, 3.8) is 0 Å². The summed E-state index contributed by atoms with van der Waals surface area (Å²) in [4.78, 5) is 21.4. The number of alkyl halides is 5. The maximum absolute atomic E-state index is 14.0. The highest BCUT2D eigenvalue weighted by molar-refractivity contribution is 6.31. The zero-order valence-electron chi connectivity index (χ0n) is 19.7. The van der Waals surface area contributed by atoms with Crippen molar-refractivity contribution in [2.45, 2.75) is 37.3 Å². The number of nitrogen functional groups attached to an aromatic ring is 1. The standard InChI is InChI=1S/C24H16ClF7N6O/c1-22(10-6-12(26)9-13(27)7-10)17-18(33)34-21(36-19(17)35-20(22)39)38-16-3-2-11(25)8-14(16)15(37-38)4-5-23(28,29)24(30,31)32/h2-3,6-9H,4-5H2,1H3,(H3,33,34,35,36,39). The molecule has 4 aromatic rings. The molecule has 0 saturated carbocycles. The van der Waals surface area contributed by atoms with Crippen LogP contribution in [0.4, 0.5) is 42.4 Å². The van der Waals surface area contributed by atoms with Gasteiger partial charge in [0.25, 0.3) is 5.95 Å². The van der Waals surface area contributed by atoms with Crippen molar-refractivity contribution < 1.29 is 35.5 Å². The Kier molecular flexibility index (Phi) is 6.01. The predicted molar refractivity (Wildman–Crippen MR) is 127 cm³/mol. The molecule has 1 aliphatic rings. The molecule has 39 heavy (non-hydrogen) atoms. The van der Waals surface area contributed by atoms with Crippen molar-refractivity contribution >= 4 is 40.0 Å². The van der Waals surface area contributed by atoms with Crippen molar-refractivity contribution in [2.75, 3.05) is 11.1 Å². The van der Waals surface area contributed by atoms with E-state index in [1.165, 1.54) is 25.1 Å². The molecule has 3 heterocycles. The summed E-state index contributed by atoms with van der Waals surface area (Å²) >= 11 is 6.02. The van der Waals surface area contributed by atoms with Crippen molar-refractivity contribution in [1.82, 2.24) is 19.7 Å². The summed E-state index contributed by atoms with van der Waals surface area (Å²) in [5.41, 5.74) is 4.57. The van der Waals surface area contributed by atoms with Crippen molar-refractivity contribution in [3.05, 3.63) is 69.9 Å². The van der Waals surface area contributed by atoms with Gasteiger partial charge in [-0.25, -0.2) is 8.78 Å². The van der Waals surface area contributed by atoms with Gasteiger partial charge in [-0.3, -0.25) is 4.79 Å². The summed E-state index contributed by atoms with van der Waals surface area (Å²) in [5.74, 6) is -8.11. The van der Waals surface area contributed by atoms with Gasteiger partial charge in [0.15, 0.2) is 0 Å².